The van der Waals surface area contributed by atoms with Crippen molar-refractivity contribution >= 4 is 16.9 Å². The lowest BCUT2D eigenvalue weighted by Crippen LogP contribution is -2.07. The number of nitrogens with zero attached hydrogens (tertiary/aromatic N) is 1. The van der Waals surface area contributed by atoms with E-state index in [0.29, 0.717) is 10.9 Å². The fourth-order valence-electron chi connectivity index (χ4n) is 1.40. The Balaban J connectivity index is 2.87. The lowest BCUT2D eigenvalue weighted by atomic mass is 10.1. The predicted molar refractivity (Wildman–Crippen MR) is 51.9 cm³/mol. The molecule has 0 fully saturated rings. The largest absolute Gasteiger partial charge is 0.478 e. The first-order valence-corrected chi connectivity index (χ1v) is 4.22. The van der Waals surface area contributed by atoms with Gasteiger partial charge in [-0.05, 0) is 24.3 Å². The Morgan fingerprint density at radius 3 is 2.73 bits per heavy atom. The first kappa shape index (κ1) is 9.26. The molecule has 3 N–H and O–H groups in total. The Bertz CT molecular complexity index is 601. The van der Waals surface area contributed by atoms with E-state index in [4.69, 9.17) is 10.5 Å². The van der Waals surface area contributed by atoms with Crippen molar-refractivity contribution in [3.8, 4) is 0 Å². The van der Waals surface area contributed by atoms with Gasteiger partial charge in [0.15, 0.2) is 0 Å². The molecule has 0 radical (unpaired) electrons. The van der Waals surface area contributed by atoms with Gasteiger partial charge >= 0.3 is 5.97 Å². The van der Waals surface area contributed by atoms with E-state index < -0.39 is 5.97 Å². The van der Waals surface area contributed by atoms with Crippen LogP contribution in [0.4, 0.5) is 0 Å². The maximum absolute atomic E-state index is 10.7. The van der Waals surface area contributed by atoms with Gasteiger partial charge in [0.1, 0.15) is 0 Å². The van der Waals surface area contributed by atoms with Gasteiger partial charge in [0.2, 0.25) is 0 Å². The molecule has 76 valence electrons. The number of nitrogens with one attached hydrogen (secondary N) is 1. The number of benzene rings is 1. The number of aromatic carboxylic acids is 1. The molecule has 0 bridgehead atoms. The highest BCUT2D eigenvalue weighted by Gasteiger charge is 2.06. The molecule has 0 aliphatic heterocycles. The van der Waals surface area contributed by atoms with Crippen LogP contribution in [0.3, 0.4) is 0 Å². The molecule has 0 atom stereocenters. The van der Waals surface area contributed by atoms with E-state index in [0.717, 1.165) is 4.73 Å². The van der Waals surface area contributed by atoms with Crippen LogP contribution in [0.15, 0.2) is 30.5 Å². The highest BCUT2D eigenvalue weighted by molar-refractivity contribution is 5.93. The van der Waals surface area contributed by atoms with Crippen molar-refractivity contribution in [2.24, 2.45) is 0 Å². The third-order valence-electron chi connectivity index (χ3n) is 2.16. The fraction of sp³-hybridized carbons (Fsp3) is 0. The van der Waals surface area contributed by atoms with Gasteiger partial charge in [0.05, 0.1) is 16.4 Å². The third-order valence-corrected chi connectivity index (χ3v) is 2.16. The van der Waals surface area contributed by atoms with Gasteiger partial charge in [0.25, 0.3) is 0 Å². The molecule has 0 aliphatic rings. The van der Waals surface area contributed by atoms with E-state index in [1.807, 2.05) is 0 Å². The number of pyridine rings is 1. The highest BCUT2D eigenvalue weighted by Crippen LogP contribution is 2.11. The van der Waals surface area contributed by atoms with Crippen LogP contribution in [0.1, 0.15) is 10.4 Å². The Morgan fingerprint density at radius 2 is 2.07 bits per heavy atom. The minimum atomic E-state index is -1.05. The molecule has 0 spiro atoms. The monoisotopic (exact) mass is 204 g/mol. The van der Waals surface area contributed by atoms with E-state index in [1.54, 1.807) is 0 Å². The molecule has 0 unspecified atom stereocenters. The maximum atomic E-state index is 10.7. The number of hydrogen-bond acceptors (Lipinski definition) is 3. The zero-order valence-electron chi connectivity index (χ0n) is 7.64. The summed E-state index contributed by atoms with van der Waals surface area (Å²) in [6.45, 7) is 0. The van der Waals surface area contributed by atoms with Gasteiger partial charge in [-0.15, -0.1) is 0 Å². The number of fused-ring (bicyclic) bond motifs is 1. The van der Waals surface area contributed by atoms with Crippen LogP contribution in [0.5, 0.6) is 0 Å². The summed E-state index contributed by atoms with van der Waals surface area (Å²) in [6.07, 6.45) is 1.34. The molecular weight excluding hydrogens is 196 g/mol. The van der Waals surface area contributed by atoms with E-state index in [-0.39, 0.29) is 10.9 Å². The normalized spacial score (nSPS) is 10.4. The van der Waals surface area contributed by atoms with Crippen LogP contribution in [-0.2, 0) is 0 Å². The molecule has 2 aromatic rings. The minimum absolute atomic E-state index is 0.0993. The van der Waals surface area contributed by atoms with E-state index in [9.17, 15) is 10.0 Å². The Labute approximate surface area is 84.3 Å². The second-order valence-corrected chi connectivity index (χ2v) is 3.11. The van der Waals surface area contributed by atoms with Crippen LogP contribution in [0, 0.1) is 5.41 Å². The average Bonchev–Trinajstić information content (AvgIpc) is 2.23. The van der Waals surface area contributed by atoms with Gasteiger partial charge in [-0.1, -0.05) is 0 Å². The molecule has 2 rings (SSSR count). The van der Waals surface area contributed by atoms with E-state index in [2.05, 4.69) is 0 Å². The summed E-state index contributed by atoms with van der Waals surface area (Å²) in [7, 11) is 0. The van der Waals surface area contributed by atoms with Crippen molar-refractivity contribution in [3.63, 3.8) is 0 Å². The van der Waals surface area contributed by atoms with Crippen molar-refractivity contribution in [2.75, 3.05) is 0 Å². The summed E-state index contributed by atoms with van der Waals surface area (Å²) in [5.74, 6) is -1.05. The molecule has 15 heavy (non-hydrogen) atoms. The summed E-state index contributed by atoms with van der Waals surface area (Å²) >= 11 is 0. The lowest BCUT2D eigenvalue weighted by molar-refractivity contribution is 0.0697. The molecule has 1 heterocycles. The lowest BCUT2D eigenvalue weighted by Gasteiger charge is -2.04. The summed E-state index contributed by atoms with van der Waals surface area (Å²) in [5.41, 5.74) is 0.509. The maximum Gasteiger partial charge on any atom is 0.335 e. The van der Waals surface area contributed by atoms with Crippen LogP contribution >= 0.6 is 0 Å². The van der Waals surface area contributed by atoms with Gasteiger partial charge in [-0.2, -0.15) is 4.73 Å². The number of carboxylic acids is 1. The van der Waals surface area contributed by atoms with Crippen molar-refractivity contribution in [2.45, 2.75) is 0 Å². The second kappa shape index (κ2) is 3.13. The number of carbonyl (C=O) groups is 1. The molecule has 5 heteroatoms. The summed E-state index contributed by atoms with van der Waals surface area (Å²) in [4.78, 5) is 10.7. The molecular formula is C10H8N2O3. The van der Waals surface area contributed by atoms with Crippen molar-refractivity contribution in [3.05, 3.63) is 41.4 Å². The number of aromatic nitrogens is 1. The average molecular weight is 204 g/mol. The zero-order valence-corrected chi connectivity index (χ0v) is 7.64. The van der Waals surface area contributed by atoms with Gasteiger partial charge in [-0.3, -0.25) is 0 Å². The summed E-state index contributed by atoms with van der Waals surface area (Å²) in [6, 6.07) is 5.62. The first-order valence-electron chi connectivity index (χ1n) is 4.22. The molecule has 0 saturated carbocycles. The molecule has 1 aromatic carbocycles. The van der Waals surface area contributed by atoms with Crippen molar-refractivity contribution in [1.82, 2.24) is 4.73 Å². The first-order chi connectivity index (χ1) is 7.09. The fourth-order valence-corrected chi connectivity index (χ4v) is 1.40. The molecule has 5 nitrogen and oxygen atoms in total. The predicted octanol–water partition coefficient (Wildman–Crippen LogP) is 1.06. The van der Waals surface area contributed by atoms with Crippen LogP contribution < -0.4 is 5.36 Å². The number of hydrogen-bond donors (Lipinski definition) is 3. The quantitative estimate of drug-likeness (QED) is 0.607. The van der Waals surface area contributed by atoms with Crippen LogP contribution in [-0.4, -0.2) is 21.0 Å². The van der Waals surface area contributed by atoms with Gasteiger partial charge in [0, 0.05) is 11.6 Å². The van der Waals surface area contributed by atoms with Gasteiger partial charge < -0.3 is 15.7 Å². The minimum Gasteiger partial charge on any atom is -0.478 e. The molecule has 0 amide bonds. The SMILES string of the molecule is N=c1ccn(O)c2ccc(C(=O)O)cc12. The second-order valence-electron chi connectivity index (χ2n) is 3.11. The van der Waals surface area contributed by atoms with Gasteiger partial charge in [-0.25, -0.2) is 4.79 Å². The number of carboxylic acid groups (broad SMARTS) is 1. The highest BCUT2D eigenvalue weighted by atomic mass is 16.5. The summed E-state index contributed by atoms with van der Waals surface area (Å²) < 4.78 is 0.860. The summed E-state index contributed by atoms with van der Waals surface area (Å²) in [5, 5.41) is 26.3. The Hall–Kier alpha value is -2.30. The Morgan fingerprint density at radius 1 is 1.33 bits per heavy atom. The van der Waals surface area contributed by atoms with E-state index >= 15 is 0 Å². The van der Waals surface area contributed by atoms with Crippen LogP contribution in [0.25, 0.3) is 10.9 Å². The van der Waals surface area contributed by atoms with Crippen molar-refractivity contribution in [1.29, 1.82) is 5.41 Å². The number of rotatable bonds is 1. The van der Waals surface area contributed by atoms with Crippen molar-refractivity contribution < 1.29 is 15.1 Å². The standard InChI is InChI=1S/C10H8N2O3/c11-8-3-4-12(15)9-2-1-6(10(13)14)5-7(8)9/h1-5,11,15H,(H,13,14). The topological polar surface area (TPSA) is 86.3 Å². The smallest absolute Gasteiger partial charge is 0.335 e. The third kappa shape index (κ3) is 1.43. The van der Waals surface area contributed by atoms with Crippen LogP contribution in [0.2, 0.25) is 0 Å². The van der Waals surface area contributed by atoms with E-state index in [1.165, 1.54) is 30.5 Å². The molecule has 1 aromatic heterocycles. The molecule has 0 saturated heterocycles. The molecule has 0 aliphatic carbocycles. The zero-order chi connectivity index (χ0) is 11.0. The Kier molecular flexibility index (Phi) is 1.93.